The molecule has 0 amide bonds. The number of hydrogen-bond acceptors (Lipinski definition) is 6. The van der Waals surface area contributed by atoms with Gasteiger partial charge in [-0.15, -0.1) is 10.2 Å². The number of benzene rings is 1. The zero-order chi connectivity index (χ0) is 21.1. The van der Waals surface area contributed by atoms with Crippen molar-refractivity contribution in [2.45, 2.75) is 12.5 Å². The lowest BCUT2D eigenvalue weighted by Gasteiger charge is -2.17. The molecule has 0 saturated carbocycles. The van der Waals surface area contributed by atoms with Crippen LogP contribution in [0.3, 0.4) is 0 Å². The lowest BCUT2D eigenvalue weighted by atomic mass is 9.96. The molecule has 9 heteroatoms. The summed E-state index contributed by atoms with van der Waals surface area (Å²) in [5.41, 5.74) is 3.54. The first kappa shape index (κ1) is 17.9. The molecule has 0 bridgehead atoms. The number of aryl methyl sites for hydroxylation is 1. The summed E-state index contributed by atoms with van der Waals surface area (Å²) in [6.07, 6.45) is 3.34. The fourth-order valence-corrected chi connectivity index (χ4v) is 4.35. The molecular weight excluding hydrogens is 401 g/mol. The Morgan fingerprint density at radius 3 is 2.84 bits per heavy atom. The van der Waals surface area contributed by atoms with Crippen molar-refractivity contribution in [2.75, 3.05) is 18.5 Å². The Kier molecular flexibility index (Phi) is 3.80. The summed E-state index contributed by atoms with van der Waals surface area (Å²) in [4.78, 5) is 11.8. The number of pyridine rings is 2. The van der Waals surface area contributed by atoms with Crippen molar-refractivity contribution in [3.05, 3.63) is 70.2 Å². The summed E-state index contributed by atoms with van der Waals surface area (Å²) in [6, 6.07) is 8.27. The monoisotopic (exact) mass is 419 g/mol. The average Bonchev–Trinajstić information content (AvgIpc) is 3.41. The molecule has 1 aromatic carbocycles. The van der Waals surface area contributed by atoms with Crippen LogP contribution in [0, 0.1) is 5.82 Å². The number of ether oxygens (including phenoxy) is 2. The number of halogens is 1. The van der Waals surface area contributed by atoms with Gasteiger partial charge in [0.05, 0.1) is 19.1 Å². The Balaban J connectivity index is 1.52. The van der Waals surface area contributed by atoms with Crippen molar-refractivity contribution < 1.29 is 13.9 Å². The first-order valence-electron chi connectivity index (χ1n) is 9.94. The topological polar surface area (TPSA) is 82.7 Å². The minimum atomic E-state index is -0.271. The average molecular weight is 419 g/mol. The van der Waals surface area contributed by atoms with Gasteiger partial charge in [0.15, 0.2) is 17.2 Å². The Hall–Kier alpha value is -3.88. The number of rotatable bonds is 1. The van der Waals surface area contributed by atoms with E-state index < -0.39 is 0 Å². The van der Waals surface area contributed by atoms with Gasteiger partial charge >= 0.3 is 0 Å². The summed E-state index contributed by atoms with van der Waals surface area (Å²) in [5, 5.41) is 11.7. The van der Waals surface area contributed by atoms with Gasteiger partial charge in [0, 0.05) is 48.1 Å². The molecule has 2 aliphatic rings. The number of aromatic nitrogens is 4. The smallest absolute Gasteiger partial charge is 0.250 e. The lowest BCUT2D eigenvalue weighted by Crippen LogP contribution is -2.14. The third-order valence-corrected chi connectivity index (χ3v) is 5.92. The second-order valence-electron chi connectivity index (χ2n) is 7.77. The van der Waals surface area contributed by atoms with Crippen LogP contribution in [-0.2, 0) is 13.6 Å². The van der Waals surface area contributed by atoms with Crippen LogP contribution in [0.15, 0.2) is 47.7 Å². The van der Waals surface area contributed by atoms with E-state index in [-0.39, 0.29) is 23.8 Å². The van der Waals surface area contributed by atoms with Crippen LogP contribution in [0.4, 0.5) is 10.2 Å². The van der Waals surface area contributed by atoms with E-state index in [0.29, 0.717) is 41.7 Å². The van der Waals surface area contributed by atoms with Gasteiger partial charge in [-0.3, -0.25) is 9.20 Å². The van der Waals surface area contributed by atoms with Gasteiger partial charge in [0.2, 0.25) is 5.56 Å². The van der Waals surface area contributed by atoms with Crippen LogP contribution in [-0.4, -0.2) is 32.4 Å². The third kappa shape index (κ3) is 2.69. The van der Waals surface area contributed by atoms with Gasteiger partial charge < -0.3 is 19.4 Å². The Morgan fingerprint density at radius 2 is 2.00 bits per heavy atom. The van der Waals surface area contributed by atoms with Crippen molar-refractivity contribution >= 4 is 11.5 Å². The van der Waals surface area contributed by atoms with Crippen molar-refractivity contribution in [3.63, 3.8) is 0 Å². The minimum absolute atomic E-state index is 0.0638. The van der Waals surface area contributed by atoms with E-state index in [9.17, 15) is 9.18 Å². The third-order valence-electron chi connectivity index (χ3n) is 5.92. The van der Waals surface area contributed by atoms with E-state index in [1.165, 1.54) is 16.7 Å². The molecule has 0 radical (unpaired) electrons. The zero-order valence-corrected chi connectivity index (χ0v) is 16.6. The quantitative estimate of drug-likeness (QED) is 0.511. The van der Waals surface area contributed by atoms with Gasteiger partial charge in [-0.2, -0.15) is 0 Å². The second-order valence-corrected chi connectivity index (χ2v) is 7.77. The predicted octanol–water partition coefficient (Wildman–Crippen LogP) is 2.71. The molecule has 1 atom stereocenters. The molecule has 0 spiro atoms. The van der Waals surface area contributed by atoms with Crippen LogP contribution < -0.4 is 20.3 Å². The summed E-state index contributed by atoms with van der Waals surface area (Å²) >= 11 is 0. The van der Waals surface area contributed by atoms with Crippen LogP contribution in [0.2, 0.25) is 0 Å². The molecule has 31 heavy (non-hydrogen) atoms. The number of anilines is 1. The maximum Gasteiger partial charge on any atom is 0.250 e. The molecule has 2 aliphatic heterocycles. The van der Waals surface area contributed by atoms with E-state index in [2.05, 4.69) is 15.5 Å². The van der Waals surface area contributed by atoms with Crippen molar-refractivity contribution in [1.82, 2.24) is 19.2 Å². The van der Waals surface area contributed by atoms with E-state index in [0.717, 1.165) is 16.7 Å². The van der Waals surface area contributed by atoms with Crippen molar-refractivity contribution in [1.29, 1.82) is 0 Å². The molecule has 3 aromatic heterocycles. The van der Waals surface area contributed by atoms with Crippen LogP contribution in [0.1, 0.15) is 17.0 Å². The van der Waals surface area contributed by atoms with Gasteiger partial charge in [-0.05, 0) is 24.3 Å². The summed E-state index contributed by atoms with van der Waals surface area (Å²) < 4.78 is 30.0. The van der Waals surface area contributed by atoms with E-state index >= 15 is 0 Å². The van der Waals surface area contributed by atoms with Crippen LogP contribution in [0.25, 0.3) is 16.8 Å². The normalized spacial score (nSPS) is 16.9. The fourth-order valence-electron chi connectivity index (χ4n) is 4.35. The van der Waals surface area contributed by atoms with Crippen LogP contribution in [0.5, 0.6) is 11.5 Å². The van der Waals surface area contributed by atoms with E-state index in [4.69, 9.17) is 9.47 Å². The predicted molar refractivity (Wildman–Crippen MR) is 111 cm³/mol. The lowest BCUT2D eigenvalue weighted by molar-refractivity contribution is 0.249. The standard InChI is InChI=1S/C22H18FN5O3/c1-27-8-12(2-5-19(27)29)14-6-18-22(28-11-25-26-21(14)28)24-7-15-16(23)3-4-17-20(15)13(9-30-17)10-31-18/h2-6,8,11,13,24H,7,9-10H2,1H3/t13-/m1/s1. The highest BCUT2D eigenvalue weighted by Gasteiger charge is 2.31. The number of hydrogen-bond donors (Lipinski definition) is 1. The summed E-state index contributed by atoms with van der Waals surface area (Å²) in [6.45, 7) is 1.07. The molecule has 0 unspecified atom stereocenters. The molecule has 1 N–H and O–H groups in total. The molecule has 0 saturated heterocycles. The highest BCUT2D eigenvalue weighted by molar-refractivity contribution is 5.81. The molecule has 0 fully saturated rings. The van der Waals surface area contributed by atoms with Gasteiger partial charge in [0.25, 0.3) is 0 Å². The Bertz CT molecular complexity index is 1410. The Labute approximate surface area is 175 Å². The van der Waals surface area contributed by atoms with E-state index in [1.807, 2.05) is 6.07 Å². The minimum Gasteiger partial charge on any atom is -0.493 e. The molecule has 8 nitrogen and oxygen atoms in total. The van der Waals surface area contributed by atoms with Crippen LogP contribution >= 0.6 is 0 Å². The largest absolute Gasteiger partial charge is 0.493 e. The molecule has 6 rings (SSSR count). The van der Waals surface area contributed by atoms with Gasteiger partial charge in [-0.25, -0.2) is 4.39 Å². The Morgan fingerprint density at radius 1 is 1.16 bits per heavy atom. The number of fused-ring (bicyclic) bond motifs is 3. The van der Waals surface area contributed by atoms with Gasteiger partial charge in [0.1, 0.15) is 17.9 Å². The first-order chi connectivity index (χ1) is 15.1. The fraction of sp³-hybridized carbons (Fsp3) is 0.227. The SMILES string of the molecule is Cn1cc(-c2cc3c(n4cnnc24)NCc2c(F)ccc4c2[C@H](CO4)CO3)ccc1=O. The van der Waals surface area contributed by atoms with Crippen molar-refractivity contribution in [2.24, 2.45) is 7.05 Å². The maximum absolute atomic E-state index is 14.7. The molecule has 0 aliphatic carbocycles. The molecule has 156 valence electrons. The second kappa shape index (κ2) is 6.56. The maximum atomic E-state index is 14.7. The highest BCUT2D eigenvalue weighted by Crippen LogP contribution is 2.41. The number of nitrogens with zero attached hydrogens (tertiary/aromatic N) is 4. The molecule has 5 heterocycles. The number of nitrogens with one attached hydrogen (secondary N) is 1. The van der Waals surface area contributed by atoms with E-state index in [1.54, 1.807) is 36.1 Å². The van der Waals surface area contributed by atoms with Crippen molar-refractivity contribution in [3.8, 4) is 22.6 Å². The summed E-state index contributed by atoms with van der Waals surface area (Å²) in [7, 11) is 1.70. The highest BCUT2D eigenvalue weighted by atomic mass is 19.1. The molecular formula is C22H18FN5O3. The van der Waals surface area contributed by atoms with Gasteiger partial charge in [-0.1, -0.05) is 0 Å². The zero-order valence-electron chi connectivity index (χ0n) is 16.6. The first-order valence-corrected chi connectivity index (χ1v) is 9.94. The molecule has 4 aromatic rings. The summed E-state index contributed by atoms with van der Waals surface area (Å²) in [5.74, 6) is 1.61.